The molecule has 0 bridgehead atoms. The van der Waals surface area contributed by atoms with Crippen molar-refractivity contribution in [3.63, 3.8) is 0 Å². The summed E-state index contributed by atoms with van der Waals surface area (Å²) in [5, 5.41) is 0. The van der Waals surface area contributed by atoms with Crippen LogP contribution in [0.3, 0.4) is 0 Å². The molecule has 2 saturated heterocycles. The lowest BCUT2D eigenvalue weighted by Crippen LogP contribution is -2.62. The molecule has 2 aliphatic heterocycles. The van der Waals surface area contributed by atoms with Crippen LogP contribution in [0.5, 0.6) is 0 Å². The Bertz CT molecular complexity index is 342. The Labute approximate surface area is 117 Å². The van der Waals surface area contributed by atoms with E-state index in [-0.39, 0.29) is 11.1 Å². The summed E-state index contributed by atoms with van der Waals surface area (Å²) < 4.78 is 5.86. The Hall–Kier alpha value is -0.160. The zero-order chi connectivity index (χ0) is 13.7. The van der Waals surface area contributed by atoms with Gasteiger partial charge in [0.2, 0.25) is 0 Å². The fourth-order valence-corrected chi connectivity index (χ4v) is 4.05. The van der Waals surface area contributed by atoms with Gasteiger partial charge in [-0.15, -0.1) is 0 Å². The van der Waals surface area contributed by atoms with Crippen LogP contribution in [0.15, 0.2) is 0 Å². The Morgan fingerprint density at radius 2 is 2.00 bits per heavy atom. The molecule has 19 heavy (non-hydrogen) atoms. The molecular formula is C15H29N3O. The van der Waals surface area contributed by atoms with Crippen molar-refractivity contribution >= 4 is 0 Å². The Balaban J connectivity index is 1.76. The molecule has 2 atom stereocenters. The van der Waals surface area contributed by atoms with Crippen LogP contribution in [0.1, 0.15) is 40.0 Å². The first-order valence-corrected chi connectivity index (χ1v) is 7.81. The van der Waals surface area contributed by atoms with E-state index in [0.29, 0.717) is 6.04 Å². The predicted molar refractivity (Wildman–Crippen MR) is 77.2 cm³/mol. The van der Waals surface area contributed by atoms with Gasteiger partial charge in [0.25, 0.3) is 0 Å². The summed E-state index contributed by atoms with van der Waals surface area (Å²) >= 11 is 0. The van der Waals surface area contributed by atoms with Crippen molar-refractivity contribution in [3.8, 4) is 0 Å². The van der Waals surface area contributed by atoms with Crippen LogP contribution in [0, 0.1) is 0 Å². The molecular weight excluding hydrogens is 238 g/mol. The van der Waals surface area contributed by atoms with E-state index in [0.717, 1.165) is 38.8 Å². The molecule has 3 aliphatic rings. The highest BCUT2D eigenvalue weighted by Crippen LogP contribution is 2.40. The lowest BCUT2D eigenvalue weighted by atomic mass is 9.91. The van der Waals surface area contributed by atoms with Crippen LogP contribution in [-0.4, -0.2) is 65.8 Å². The van der Waals surface area contributed by atoms with Crippen molar-refractivity contribution in [3.05, 3.63) is 0 Å². The molecule has 0 amide bonds. The van der Waals surface area contributed by atoms with Gasteiger partial charge in [0.15, 0.2) is 0 Å². The standard InChI is InChI=1S/C15H29N3O/c1-12-8-15(9-16,11-18(12)13-4-5-13)17-6-7-19-14(2,3)10-17/h12-13H,4-11,16H2,1-3H3. The van der Waals surface area contributed by atoms with Crippen molar-refractivity contribution in [2.75, 3.05) is 32.8 Å². The van der Waals surface area contributed by atoms with E-state index >= 15 is 0 Å². The Morgan fingerprint density at radius 3 is 2.58 bits per heavy atom. The van der Waals surface area contributed by atoms with Gasteiger partial charge >= 0.3 is 0 Å². The molecule has 2 N–H and O–H groups in total. The molecule has 1 aliphatic carbocycles. The maximum atomic E-state index is 6.22. The van der Waals surface area contributed by atoms with Gasteiger partial charge in [0.1, 0.15) is 0 Å². The third kappa shape index (κ3) is 2.56. The summed E-state index contributed by atoms with van der Waals surface area (Å²) in [6.45, 7) is 11.6. The number of morpholine rings is 1. The van der Waals surface area contributed by atoms with E-state index in [1.807, 2.05) is 0 Å². The topological polar surface area (TPSA) is 41.7 Å². The second-order valence-corrected chi connectivity index (χ2v) is 7.41. The molecule has 3 fully saturated rings. The number of nitrogens with two attached hydrogens (primary N) is 1. The zero-order valence-electron chi connectivity index (χ0n) is 12.7. The minimum atomic E-state index is -0.0311. The summed E-state index contributed by atoms with van der Waals surface area (Å²) in [6, 6.07) is 1.53. The highest BCUT2D eigenvalue weighted by molar-refractivity contribution is 5.08. The Kier molecular flexibility index (Phi) is 3.41. The van der Waals surface area contributed by atoms with Crippen LogP contribution in [0.4, 0.5) is 0 Å². The number of hydrogen-bond acceptors (Lipinski definition) is 4. The zero-order valence-corrected chi connectivity index (χ0v) is 12.7. The van der Waals surface area contributed by atoms with E-state index in [1.165, 1.54) is 19.3 Å². The van der Waals surface area contributed by atoms with Crippen molar-refractivity contribution < 1.29 is 4.74 Å². The summed E-state index contributed by atoms with van der Waals surface area (Å²) in [7, 11) is 0. The van der Waals surface area contributed by atoms with Gasteiger partial charge in [-0.3, -0.25) is 9.80 Å². The second-order valence-electron chi connectivity index (χ2n) is 7.41. The fourth-order valence-electron chi connectivity index (χ4n) is 4.05. The largest absolute Gasteiger partial charge is 0.373 e. The van der Waals surface area contributed by atoms with Crippen molar-refractivity contribution in [1.29, 1.82) is 0 Å². The molecule has 0 spiro atoms. The average Bonchev–Trinajstić information content (AvgIpc) is 3.12. The van der Waals surface area contributed by atoms with Gasteiger partial charge in [0.05, 0.1) is 12.2 Å². The molecule has 1 saturated carbocycles. The summed E-state index contributed by atoms with van der Waals surface area (Å²) in [6.07, 6.45) is 4.00. The fraction of sp³-hybridized carbons (Fsp3) is 1.00. The molecule has 0 aromatic heterocycles. The lowest BCUT2D eigenvalue weighted by Gasteiger charge is -2.47. The number of hydrogen-bond donors (Lipinski definition) is 1. The minimum Gasteiger partial charge on any atom is -0.373 e. The Morgan fingerprint density at radius 1 is 1.26 bits per heavy atom. The van der Waals surface area contributed by atoms with Crippen molar-refractivity contribution in [2.24, 2.45) is 5.73 Å². The molecule has 4 nitrogen and oxygen atoms in total. The first-order chi connectivity index (χ1) is 8.96. The highest BCUT2D eigenvalue weighted by Gasteiger charge is 2.50. The number of nitrogens with zero attached hydrogens (tertiary/aromatic N) is 2. The second kappa shape index (κ2) is 4.69. The normalized spacial score (nSPS) is 40.7. The first kappa shape index (κ1) is 13.8. The van der Waals surface area contributed by atoms with Gasteiger partial charge in [-0.05, 0) is 40.0 Å². The quantitative estimate of drug-likeness (QED) is 0.830. The van der Waals surface area contributed by atoms with Crippen LogP contribution in [0.2, 0.25) is 0 Å². The summed E-state index contributed by atoms with van der Waals surface area (Å²) in [5.41, 5.74) is 6.38. The molecule has 0 aromatic rings. The van der Waals surface area contributed by atoms with E-state index in [4.69, 9.17) is 10.5 Å². The number of rotatable bonds is 3. The van der Waals surface area contributed by atoms with Crippen LogP contribution in [-0.2, 0) is 4.74 Å². The van der Waals surface area contributed by atoms with E-state index in [9.17, 15) is 0 Å². The molecule has 3 rings (SSSR count). The maximum absolute atomic E-state index is 6.22. The molecule has 4 heteroatoms. The highest BCUT2D eigenvalue weighted by atomic mass is 16.5. The van der Waals surface area contributed by atoms with Gasteiger partial charge in [-0.1, -0.05) is 0 Å². The average molecular weight is 267 g/mol. The summed E-state index contributed by atoms with van der Waals surface area (Å²) in [4.78, 5) is 5.32. The van der Waals surface area contributed by atoms with E-state index in [2.05, 4.69) is 30.6 Å². The van der Waals surface area contributed by atoms with Crippen LogP contribution >= 0.6 is 0 Å². The minimum absolute atomic E-state index is 0.0311. The maximum Gasteiger partial charge on any atom is 0.0753 e. The van der Waals surface area contributed by atoms with Crippen LogP contribution in [0.25, 0.3) is 0 Å². The first-order valence-electron chi connectivity index (χ1n) is 7.81. The number of likely N-dealkylation sites (tertiary alicyclic amines) is 1. The predicted octanol–water partition coefficient (Wildman–Crippen LogP) is 1.05. The third-order valence-electron chi connectivity index (χ3n) is 5.21. The molecule has 110 valence electrons. The number of ether oxygens (including phenoxy) is 1. The van der Waals surface area contributed by atoms with Crippen molar-refractivity contribution in [1.82, 2.24) is 9.80 Å². The molecule has 0 aromatic carbocycles. The van der Waals surface area contributed by atoms with Gasteiger partial charge in [0, 0.05) is 43.8 Å². The van der Waals surface area contributed by atoms with E-state index < -0.39 is 0 Å². The van der Waals surface area contributed by atoms with Gasteiger partial charge in [-0.25, -0.2) is 0 Å². The monoisotopic (exact) mass is 267 g/mol. The smallest absolute Gasteiger partial charge is 0.0753 e. The summed E-state index contributed by atoms with van der Waals surface area (Å²) in [5.74, 6) is 0. The van der Waals surface area contributed by atoms with E-state index in [1.54, 1.807) is 0 Å². The van der Waals surface area contributed by atoms with Crippen LogP contribution < -0.4 is 5.73 Å². The van der Waals surface area contributed by atoms with Gasteiger partial charge < -0.3 is 10.5 Å². The molecule has 2 heterocycles. The SMILES string of the molecule is CC1CC(CN)(N2CCOC(C)(C)C2)CN1C1CC1. The third-order valence-corrected chi connectivity index (χ3v) is 5.21. The van der Waals surface area contributed by atoms with Gasteiger partial charge in [-0.2, -0.15) is 0 Å². The molecule has 0 radical (unpaired) electrons. The molecule has 2 unspecified atom stereocenters. The van der Waals surface area contributed by atoms with Crippen molar-refractivity contribution in [2.45, 2.75) is 63.3 Å². The lowest BCUT2D eigenvalue weighted by molar-refractivity contribution is -0.113.